The van der Waals surface area contributed by atoms with Gasteiger partial charge < -0.3 is 29.7 Å². The molecule has 1 saturated heterocycles. The van der Waals surface area contributed by atoms with Crippen LogP contribution in [0, 0.1) is 0 Å². The highest BCUT2D eigenvalue weighted by molar-refractivity contribution is 7.80. The van der Waals surface area contributed by atoms with Gasteiger partial charge in [0.05, 0.1) is 24.5 Å². The minimum atomic E-state index is -0.211. The number of benzene rings is 2. The third-order valence-electron chi connectivity index (χ3n) is 6.88. The van der Waals surface area contributed by atoms with Crippen LogP contribution in [0.15, 0.2) is 85.2 Å². The number of carbonyl (C=O) groups excluding carboxylic acids is 1. The molecule has 1 fully saturated rings. The van der Waals surface area contributed by atoms with Crippen LogP contribution >= 0.6 is 12.2 Å². The van der Waals surface area contributed by atoms with Crippen LogP contribution < -0.4 is 25.2 Å². The summed E-state index contributed by atoms with van der Waals surface area (Å²) < 4.78 is 7.85. The van der Waals surface area contributed by atoms with E-state index in [2.05, 4.69) is 66.5 Å². The number of hydrogen-bond donors (Lipinski definition) is 2. The average Bonchev–Trinajstić information content (AvgIpc) is 3.58. The predicted octanol–water partition coefficient (Wildman–Crippen LogP) is 5.47. The van der Waals surface area contributed by atoms with E-state index in [4.69, 9.17) is 17.0 Å². The molecule has 0 spiro atoms. The number of amides is 1. The number of rotatable bonds is 8. The molecule has 39 heavy (non-hydrogen) atoms. The Morgan fingerprint density at radius 1 is 1.08 bits per heavy atom. The summed E-state index contributed by atoms with van der Waals surface area (Å²) in [4.78, 5) is 20.9. The summed E-state index contributed by atoms with van der Waals surface area (Å²) in [7, 11) is 5.66. The molecule has 1 aliphatic rings. The van der Waals surface area contributed by atoms with E-state index in [1.54, 1.807) is 13.3 Å². The summed E-state index contributed by atoms with van der Waals surface area (Å²) in [6.45, 7) is 1.82. The first-order valence-corrected chi connectivity index (χ1v) is 13.3. The Labute approximate surface area is 234 Å². The number of thiocarbonyl (C=S) groups is 1. The average molecular weight is 541 g/mol. The molecular formula is C30H32N6O2S. The van der Waals surface area contributed by atoms with Crippen LogP contribution in [0.2, 0.25) is 0 Å². The molecule has 2 atom stereocenters. The number of anilines is 3. The van der Waals surface area contributed by atoms with Crippen LogP contribution in [-0.4, -0.2) is 41.8 Å². The smallest absolute Gasteiger partial charge is 0.224 e. The van der Waals surface area contributed by atoms with E-state index in [-0.39, 0.29) is 18.0 Å². The van der Waals surface area contributed by atoms with E-state index in [0.717, 1.165) is 28.5 Å². The molecule has 0 saturated carbocycles. The Morgan fingerprint density at radius 2 is 1.85 bits per heavy atom. The molecule has 2 N–H and O–H groups in total. The molecule has 8 nitrogen and oxygen atoms in total. The molecule has 5 rings (SSSR count). The zero-order valence-corrected chi connectivity index (χ0v) is 23.3. The van der Waals surface area contributed by atoms with Crippen LogP contribution in [-0.2, 0) is 4.79 Å². The van der Waals surface area contributed by atoms with Gasteiger partial charge in [-0.2, -0.15) is 0 Å². The fourth-order valence-electron chi connectivity index (χ4n) is 4.89. The molecule has 200 valence electrons. The van der Waals surface area contributed by atoms with Gasteiger partial charge in [-0.3, -0.25) is 9.78 Å². The van der Waals surface area contributed by atoms with E-state index in [0.29, 0.717) is 23.0 Å². The Morgan fingerprint density at radius 3 is 2.51 bits per heavy atom. The van der Waals surface area contributed by atoms with Gasteiger partial charge in [0.2, 0.25) is 5.91 Å². The lowest BCUT2D eigenvalue weighted by Crippen LogP contribution is -2.30. The maximum Gasteiger partial charge on any atom is 0.224 e. The molecule has 3 heterocycles. The van der Waals surface area contributed by atoms with Crippen molar-refractivity contribution in [1.82, 2.24) is 14.9 Å². The molecule has 1 amide bonds. The quantitative estimate of drug-likeness (QED) is 0.287. The summed E-state index contributed by atoms with van der Waals surface area (Å²) in [5, 5.41) is 7.01. The fourth-order valence-corrected chi connectivity index (χ4v) is 5.23. The number of carbonyl (C=O) groups is 1. The Bertz CT molecular complexity index is 1470. The second-order valence-electron chi connectivity index (χ2n) is 9.50. The molecule has 1 aliphatic heterocycles. The molecule has 4 aromatic rings. The first-order chi connectivity index (χ1) is 18.9. The number of aromatic nitrogens is 2. The zero-order valence-electron chi connectivity index (χ0n) is 22.5. The van der Waals surface area contributed by atoms with Crippen LogP contribution in [0.4, 0.5) is 17.1 Å². The van der Waals surface area contributed by atoms with Crippen molar-refractivity contribution in [1.29, 1.82) is 0 Å². The Kier molecular flexibility index (Phi) is 7.51. The molecule has 0 aliphatic carbocycles. The SMILES string of the molecule is CCC(=O)Nc1ccc(N2C(=S)N[C@H](c3ccccn3)[C@H]2c2cccn2-c2ccc(N(C)C)cc2)cc1OC. The van der Waals surface area contributed by atoms with Gasteiger partial charge in [0.25, 0.3) is 0 Å². The van der Waals surface area contributed by atoms with Crippen molar-refractivity contribution in [3.8, 4) is 11.4 Å². The standard InChI is InChI=1S/C30H32N6O2S/c1-5-27(37)32-23-16-15-22(19-26(23)38-4)36-29(28(33-30(36)39)24-9-6-7-17-31-24)25-10-8-18-35(25)21-13-11-20(12-14-21)34(2)3/h6-19,28-29H,5H2,1-4H3,(H,32,37)(H,33,39)/t28-,29-/m1/s1. The zero-order chi connectivity index (χ0) is 27.5. The minimum absolute atomic E-state index is 0.0781. The van der Waals surface area contributed by atoms with E-state index in [1.807, 2.05) is 63.5 Å². The first-order valence-electron chi connectivity index (χ1n) is 12.8. The second kappa shape index (κ2) is 11.2. The summed E-state index contributed by atoms with van der Waals surface area (Å²) in [6.07, 6.45) is 4.25. The topological polar surface area (TPSA) is 74.7 Å². The monoisotopic (exact) mass is 540 g/mol. The number of methoxy groups -OCH3 is 1. The fraction of sp³-hybridized carbons (Fsp3) is 0.233. The van der Waals surface area contributed by atoms with E-state index < -0.39 is 0 Å². The van der Waals surface area contributed by atoms with E-state index >= 15 is 0 Å². The highest BCUT2D eigenvalue weighted by atomic mass is 32.1. The molecule has 0 bridgehead atoms. The number of nitrogens with one attached hydrogen (secondary N) is 2. The summed E-state index contributed by atoms with van der Waals surface area (Å²) in [6, 6.07) is 23.8. The van der Waals surface area contributed by atoms with Gasteiger partial charge in [0.15, 0.2) is 5.11 Å². The third kappa shape index (κ3) is 5.18. The third-order valence-corrected chi connectivity index (χ3v) is 7.20. The van der Waals surface area contributed by atoms with E-state index in [1.165, 1.54) is 0 Å². The maximum atomic E-state index is 12.1. The van der Waals surface area contributed by atoms with Crippen molar-refractivity contribution in [2.75, 3.05) is 36.3 Å². The summed E-state index contributed by atoms with van der Waals surface area (Å²) >= 11 is 5.92. The summed E-state index contributed by atoms with van der Waals surface area (Å²) in [5.41, 5.74) is 5.59. The van der Waals surface area contributed by atoms with Gasteiger partial charge in [-0.15, -0.1) is 0 Å². The van der Waals surface area contributed by atoms with Crippen LogP contribution in [0.1, 0.15) is 36.8 Å². The molecule has 9 heteroatoms. The van der Waals surface area contributed by atoms with Crippen molar-refractivity contribution < 1.29 is 9.53 Å². The van der Waals surface area contributed by atoms with Gasteiger partial charge in [0.1, 0.15) is 11.8 Å². The lowest BCUT2D eigenvalue weighted by molar-refractivity contribution is -0.115. The first kappa shape index (κ1) is 26.2. The lowest BCUT2D eigenvalue weighted by Gasteiger charge is -2.29. The maximum absolute atomic E-state index is 12.1. The van der Waals surface area contributed by atoms with Crippen molar-refractivity contribution in [3.05, 3.63) is 96.6 Å². The van der Waals surface area contributed by atoms with Crippen molar-refractivity contribution >= 4 is 40.3 Å². The van der Waals surface area contributed by atoms with Gasteiger partial charge >= 0.3 is 0 Å². The lowest BCUT2D eigenvalue weighted by atomic mass is 10.0. The normalized spacial score (nSPS) is 16.6. The number of hydrogen-bond acceptors (Lipinski definition) is 5. The largest absolute Gasteiger partial charge is 0.494 e. The molecule has 0 unspecified atom stereocenters. The minimum Gasteiger partial charge on any atom is -0.494 e. The van der Waals surface area contributed by atoms with Crippen LogP contribution in [0.5, 0.6) is 5.75 Å². The highest BCUT2D eigenvalue weighted by Crippen LogP contribution is 2.44. The molecule has 0 radical (unpaired) electrons. The molecule has 2 aromatic carbocycles. The Balaban J connectivity index is 1.61. The van der Waals surface area contributed by atoms with Gasteiger partial charge in [0, 0.05) is 61.7 Å². The van der Waals surface area contributed by atoms with E-state index in [9.17, 15) is 4.79 Å². The summed E-state index contributed by atoms with van der Waals surface area (Å²) in [5.74, 6) is 0.484. The van der Waals surface area contributed by atoms with Gasteiger partial charge in [-0.25, -0.2) is 0 Å². The van der Waals surface area contributed by atoms with Crippen molar-refractivity contribution in [2.45, 2.75) is 25.4 Å². The number of ether oxygens (including phenoxy) is 1. The van der Waals surface area contributed by atoms with Crippen molar-refractivity contribution in [3.63, 3.8) is 0 Å². The van der Waals surface area contributed by atoms with Gasteiger partial charge in [-0.05, 0) is 72.9 Å². The second-order valence-corrected chi connectivity index (χ2v) is 9.88. The number of nitrogens with zero attached hydrogens (tertiary/aromatic N) is 4. The molecule has 2 aromatic heterocycles. The van der Waals surface area contributed by atoms with Crippen LogP contribution in [0.3, 0.4) is 0 Å². The highest BCUT2D eigenvalue weighted by Gasteiger charge is 2.42. The predicted molar refractivity (Wildman–Crippen MR) is 160 cm³/mol. The number of pyridine rings is 1. The van der Waals surface area contributed by atoms with Crippen LogP contribution in [0.25, 0.3) is 5.69 Å². The Hall–Kier alpha value is -4.37. The van der Waals surface area contributed by atoms with Crippen molar-refractivity contribution in [2.24, 2.45) is 0 Å². The van der Waals surface area contributed by atoms with Gasteiger partial charge in [-0.1, -0.05) is 13.0 Å². The molecular weight excluding hydrogens is 508 g/mol.